The zero-order valence-corrected chi connectivity index (χ0v) is 21.8. The minimum Gasteiger partial charge on any atom is -0.549 e. The average molecular weight is 512 g/mol. The molecule has 0 N–H and O–H groups in total. The fourth-order valence-corrected chi connectivity index (χ4v) is 6.17. The molecule has 0 bridgehead atoms. The molecule has 188 valence electrons. The second-order valence-corrected chi connectivity index (χ2v) is 10.1. The van der Waals surface area contributed by atoms with E-state index in [-0.39, 0.29) is 6.92 Å². The van der Waals surface area contributed by atoms with Crippen LogP contribution in [0.5, 0.6) is 5.75 Å². The fraction of sp³-hybridized carbons (Fsp3) is 0. The van der Waals surface area contributed by atoms with E-state index in [0.717, 1.165) is 50.9 Å². The highest BCUT2D eigenvalue weighted by Crippen LogP contribution is 2.48. The molecule has 6 aromatic carbocycles. The van der Waals surface area contributed by atoms with E-state index in [2.05, 4.69) is 161 Å². The lowest BCUT2D eigenvalue weighted by molar-refractivity contribution is 0.591. The van der Waals surface area contributed by atoms with Crippen LogP contribution in [0, 0.1) is 0 Å². The number of nitrogens with zero attached hydrogens (tertiary/aromatic N) is 2. The summed E-state index contributed by atoms with van der Waals surface area (Å²) in [6.45, 7) is -0.218. The summed E-state index contributed by atoms with van der Waals surface area (Å²) in [4.78, 5) is 4.65. The maximum Gasteiger partial charge on any atom is 0.431 e. The van der Waals surface area contributed by atoms with Gasteiger partial charge in [-0.05, 0) is 65.6 Å². The van der Waals surface area contributed by atoms with Gasteiger partial charge in [-0.1, -0.05) is 97.1 Å². The first-order valence-corrected chi connectivity index (χ1v) is 13.7. The molecule has 0 aromatic heterocycles. The molecule has 2 heterocycles. The molecule has 0 spiro atoms. The van der Waals surface area contributed by atoms with Crippen LogP contribution in [-0.4, -0.2) is 6.92 Å². The van der Waals surface area contributed by atoms with Gasteiger partial charge in [-0.15, -0.1) is 0 Å². The SMILES string of the molecule is c1ccc(N(c2ccccc2)c2cccc3c2OB2c4ccccc4N(c4ccccc4)c4cccc-3c42)cc1. The van der Waals surface area contributed by atoms with E-state index in [1.165, 1.54) is 11.0 Å². The van der Waals surface area contributed by atoms with Gasteiger partial charge in [0.1, 0.15) is 5.75 Å². The van der Waals surface area contributed by atoms with Crippen LogP contribution < -0.4 is 25.4 Å². The number of anilines is 6. The van der Waals surface area contributed by atoms with Gasteiger partial charge in [0.05, 0.1) is 5.69 Å². The van der Waals surface area contributed by atoms with Crippen LogP contribution in [0.4, 0.5) is 34.1 Å². The molecule has 2 aliphatic heterocycles. The minimum absolute atomic E-state index is 0.218. The Morgan fingerprint density at radius 2 is 1.07 bits per heavy atom. The number of benzene rings is 6. The van der Waals surface area contributed by atoms with Gasteiger partial charge in [0.2, 0.25) is 0 Å². The molecule has 6 aromatic rings. The van der Waals surface area contributed by atoms with Gasteiger partial charge in [-0.2, -0.15) is 0 Å². The number of fused-ring (bicyclic) bond motifs is 4. The first-order valence-electron chi connectivity index (χ1n) is 13.7. The molecule has 0 saturated carbocycles. The highest BCUT2D eigenvalue weighted by molar-refractivity contribution is 6.85. The molecule has 3 nitrogen and oxygen atoms in total. The van der Waals surface area contributed by atoms with E-state index < -0.39 is 0 Å². The molecule has 0 aliphatic carbocycles. The highest BCUT2D eigenvalue weighted by Gasteiger charge is 2.43. The standard InChI is InChI=1S/C36H25BN2O/c1-4-14-26(15-5-1)38(27-16-6-2-7-17-27)34-25-13-21-30-29-20-12-24-33-35(29)37(40-36(30)34)31-22-10-11-23-32(31)39(33)28-18-8-3-9-19-28/h1-25H. The molecule has 40 heavy (non-hydrogen) atoms. The van der Waals surface area contributed by atoms with Crippen LogP contribution in [0.2, 0.25) is 0 Å². The summed E-state index contributed by atoms with van der Waals surface area (Å²) < 4.78 is 7.14. The van der Waals surface area contributed by atoms with Crippen molar-refractivity contribution in [3.63, 3.8) is 0 Å². The fourth-order valence-electron chi connectivity index (χ4n) is 6.17. The summed E-state index contributed by atoms with van der Waals surface area (Å²) in [6, 6.07) is 53.4. The van der Waals surface area contributed by atoms with E-state index in [9.17, 15) is 0 Å². The smallest absolute Gasteiger partial charge is 0.431 e. The predicted octanol–water partition coefficient (Wildman–Crippen LogP) is 8.10. The lowest BCUT2D eigenvalue weighted by Gasteiger charge is -2.40. The third-order valence-electron chi connectivity index (χ3n) is 7.85. The largest absolute Gasteiger partial charge is 0.549 e. The topological polar surface area (TPSA) is 15.7 Å². The Hall–Kier alpha value is -5.22. The van der Waals surface area contributed by atoms with Crippen molar-refractivity contribution in [1.82, 2.24) is 0 Å². The van der Waals surface area contributed by atoms with Gasteiger partial charge in [0.25, 0.3) is 0 Å². The Bertz CT molecular complexity index is 1800. The molecule has 0 saturated heterocycles. The molecular weight excluding hydrogens is 487 g/mol. The Kier molecular flexibility index (Phi) is 5.24. The first kappa shape index (κ1) is 22.7. The second-order valence-electron chi connectivity index (χ2n) is 10.1. The van der Waals surface area contributed by atoms with Crippen LogP contribution in [-0.2, 0) is 0 Å². The lowest BCUT2D eigenvalue weighted by Crippen LogP contribution is -2.56. The van der Waals surface area contributed by atoms with E-state index in [4.69, 9.17) is 4.65 Å². The van der Waals surface area contributed by atoms with Crippen molar-refractivity contribution in [3.8, 4) is 16.9 Å². The summed E-state index contributed by atoms with van der Waals surface area (Å²) in [5.74, 6) is 0.896. The van der Waals surface area contributed by atoms with Gasteiger partial charge in [-0.3, -0.25) is 0 Å². The van der Waals surface area contributed by atoms with Crippen molar-refractivity contribution in [3.05, 3.63) is 152 Å². The molecular formula is C36H25BN2O. The van der Waals surface area contributed by atoms with Gasteiger partial charge in [0.15, 0.2) is 0 Å². The van der Waals surface area contributed by atoms with Crippen LogP contribution >= 0.6 is 0 Å². The summed E-state index contributed by atoms with van der Waals surface area (Å²) in [7, 11) is 0. The number of hydrogen-bond donors (Lipinski definition) is 0. The van der Waals surface area contributed by atoms with E-state index >= 15 is 0 Å². The van der Waals surface area contributed by atoms with Crippen LogP contribution in [0.25, 0.3) is 11.1 Å². The Morgan fingerprint density at radius 3 is 1.80 bits per heavy atom. The van der Waals surface area contributed by atoms with Crippen LogP contribution in [0.15, 0.2) is 152 Å². The van der Waals surface area contributed by atoms with Gasteiger partial charge >= 0.3 is 6.92 Å². The average Bonchev–Trinajstić information content (AvgIpc) is 3.03. The molecule has 0 radical (unpaired) electrons. The predicted molar refractivity (Wildman–Crippen MR) is 167 cm³/mol. The van der Waals surface area contributed by atoms with Crippen molar-refractivity contribution >= 4 is 52.0 Å². The molecule has 0 atom stereocenters. The number of hydrogen-bond acceptors (Lipinski definition) is 3. The maximum atomic E-state index is 7.14. The second kappa shape index (κ2) is 9.21. The zero-order valence-electron chi connectivity index (χ0n) is 21.8. The van der Waals surface area contributed by atoms with E-state index in [1.54, 1.807) is 0 Å². The van der Waals surface area contributed by atoms with Crippen molar-refractivity contribution < 1.29 is 4.65 Å². The van der Waals surface area contributed by atoms with Crippen LogP contribution in [0.1, 0.15) is 0 Å². The van der Waals surface area contributed by atoms with Gasteiger partial charge in [-0.25, -0.2) is 0 Å². The lowest BCUT2D eigenvalue weighted by atomic mass is 9.49. The molecule has 0 fully saturated rings. The highest BCUT2D eigenvalue weighted by atomic mass is 16.4. The molecule has 8 rings (SSSR count). The summed E-state index contributed by atoms with van der Waals surface area (Å²) in [5.41, 5.74) is 11.3. The van der Waals surface area contributed by atoms with E-state index in [1.807, 2.05) is 0 Å². The Labute approximate surface area is 234 Å². The van der Waals surface area contributed by atoms with Gasteiger partial charge < -0.3 is 14.5 Å². The van der Waals surface area contributed by atoms with Crippen molar-refractivity contribution in [2.45, 2.75) is 0 Å². The third kappa shape index (κ3) is 3.46. The van der Waals surface area contributed by atoms with Crippen molar-refractivity contribution in [2.24, 2.45) is 0 Å². The zero-order chi connectivity index (χ0) is 26.5. The molecule has 2 aliphatic rings. The number of para-hydroxylation sites is 5. The molecule has 0 amide bonds. The molecule has 4 heteroatoms. The van der Waals surface area contributed by atoms with Gasteiger partial charge in [0, 0.05) is 39.5 Å². The quantitative estimate of drug-likeness (QED) is 0.222. The minimum atomic E-state index is -0.218. The maximum absolute atomic E-state index is 7.14. The monoisotopic (exact) mass is 512 g/mol. The summed E-state index contributed by atoms with van der Waals surface area (Å²) in [5, 5.41) is 0. The van der Waals surface area contributed by atoms with Crippen molar-refractivity contribution in [1.29, 1.82) is 0 Å². The first-order chi connectivity index (χ1) is 19.9. The Balaban J connectivity index is 1.38. The molecule has 0 unspecified atom stereocenters. The summed E-state index contributed by atoms with van der Waals surface area (Å²) in [6.07, 6.45) is 0. The third-order valence-corrected chi connectivity index (χ3v) is 7.85. The Morgan fingerprint density at radius 1 is 0.500 bits per heavy atom. The van der Waals surface area contributed by atoms with Crippen molar-refractivity contribution in [2.75, 3.05) is 9.80 Å². The normalized spacial score (nSPS) is 12.6. The number of rotatable bonds is 4. The van der Waals surface area contributed by atoms with Crippen LogP contribution in [0.3, 0.4) is 0 Å². The summed E-state index contributed by atoms with van der Waals surface area (Å²) >= 11 is 0. The van der Waals surface area contributed by atoms with E-state index in [0.29, 0.717) is 0 Å².